The lowest BCUT2D eigenvalue weighted by Gasteiger charge is -2.21. The second-order valence-electron chi connectivity index (χ2n) is 6.97. The lowest BCUT2D eigenvalue weighted by molar-refractivity contribution is -0.141. The maximum absolute atomic E-state index is 13.0. The molecule has 0 saturated carbocycles. The van der Waals surface area contributed by atoms with Crippen molar-refractivity contribution in [1.82, 2.24) is 15.1 Å². The fourth-order valence-corrected chi connectivity index (χ4v) is 3.09. The SMILES string of the molecule is CC(C)Oc1ccc2c(NC(=O)[C@@H]3CCCC(=O)N3)nn(CC(F)(F)F)c2c1. The summed E-state index contributed by atoms with van der Waals surface area (Å²) in [5.74, 6) is -0.313. The second-order valence-corrected chi connectivity index (χ2v) is 6.97. The van der Waals surface area contributed by atoms with Gasteiger partial charge in [0, 0.05) is 17.9 Å². The van der Waals surface area contributed by atoms with Crippen molar-refractivity contribution in [3.63, 3.8) is 0 Å². The number of alkyl halides is 3. The van der Waals surface area contributed by atoms with E-state index in [1.807, 2.05) is 0 Å². The van der Waals surface area contributed by atoms with Gasteiger partial charge in [-0.3, -0.25) is 14.3 Å². The van der Waals surface area contributed by atoms with E-state index in [0.717, 1.165) is 4.68 Å². The summed E-state index contributed by atoms with van der Waals surface area (Å²) in [6, 6.07) is 3.90. The summed E-state index contributed by atoms with van der Waals surface area (Å²) >= 11 is 0. The van der Waals surface area contributed by atoms with Crippen LogP contribution in [0.1, 0.15) is 33.1 Å². The zero-order chi connectivity index (χ0) is 20.5. The van der Waals surface area contributed by atoms with E-state index in [2.05, 4.69) is 15.7 Å². The first-order valence-corrected chi connectivity index (χ1v) is 8.96. The van der Waals surface area contributed by atoms with E-state index < -0.39 is 24.7 Å². The number of halogens is 3. The predicted molar refractivity (Wildman–Crippen MR) is 96.0 cm³/mol. The molecule has 10 heteroatoms. The van der Waals surface area contributed by atoms with Crippen LogP contribution in [0.5, 0.6) is 5.75 Å². The van der Waals surface area contributed by atoms with E-state index in [0.29, 0.717) is 30.4 Å². The van der Waals surface area contributed by atoms with Crippen molar-refractivity contribution in [2.45, 2.75) is 58.0 Å². The molecule has 28 heavy (non-hydrogen) atoms. The highest BCUT2D eigenvalue weighted by Crippen LogP contribution is 2.30. The van der Waals surface area contributed by atoms with Crippen LogP contribution < -0.4 is 15.4 Å². The number of anilines is 1. The molecule has 0 aliphatic carbocycles. The summed E-state index contributed by atoms with van der Waals surface area (Å²) in [7, 11) is 0. The number of ether oxygens (including phenoxy) is 1. The summed E-state index contributed by atoms with van der Waals surface area (Å²) in [5, 5.41) is 9.42. The number of fused-ring (bicyclic) bond motifs is 1. The number of benzene rings is 1. The fraction of sp³-hybridized carbons (Fsp3) is 0.500. The predicted octanol–water partition coefficient (Wildman–Crippen LogP) is 2.99. The van der Waals surface area contributed by atoms with Crippen molar-refractivity contribution in [2.75, 3.05) is 5.32 Å². The first-order chi connectivity index (χ1) is 13.1. The molecule has 1 aliphatic rings. The van der Waals surface area contributed by atoms with Crippen LogP contribution in [0, 0.1) is 0 Å². The van der Waals surface area contributed by atoms with Gasteiger partial charge in [0.2, 0.25) is 11.8 Å². The number of hydrogen-bond donors (Lipinski definition) is 2. The summed E-state index contributed by atoms with van der Waals surface area (Å²) < 4.78 is 45.2. The molecule has 3 rings (SSSR count). The van der Waals surface area contributed by atoms with E-state index in [1.54, 1.807) is 26.0 Å². The summed E-state index contributed by atoms with van der Waals surface area (Å²) in [6.07, 6.45) is -3.24. The summed E-state index contributed by atoms with van der Waals surface area (Å²) in [5.41, 5.74) is 0.193. The van der Waals surface area contributed by atoms with Crippen LogP contribution >= 0.6 is 0 Å². The molecule has 0 spiro atoms. The third-order valence-electron chi connectivity index (χ3n) is 4.21. The van der Waals surface area contributed by atoms with E-state index in [4.69, 9.17) is 4.74 Å². The Kier molecular flexibility index (Phi) is 5.48. The lowest BCUT2D eigenvalue weighted by Crippen LogP contribution is -2.46. The van der Waals surface area contributed by atoms with Crippen molar-refractivity contribution in [1.29, 1.82) is 0 Å². The molecule has 1 aromatic carbocycles. The first kappa shape index (κ1) is 20.0. The van der Waals surface area contributed by atoms with Crippen molar-refractivity contribution < 1.29 is 27.5 Å². The molecule has 152 valence electrons. The van der Waals surface area contributed by atoms with Crippen LogP contribution in [0.4, 0.5) is 19.0 Å². The van der Waals surface area contributed by atoms with E-state index in [1.165, 1.54) is 6.07 Å². The molecule has 0 radical (unpaired) electrons. The Balaban J connectivity index is 1.92. The third kappa shape index (κ3) is 4.73. The Morgan fingerprint density at radius 3 is 2.82 bits per heavy atom. The van der Waals surface area contributed by atoms with Crippen LogP contribution in [0.2, 0.25) is 0 Å². The third-order valence-corrected chi connectivity index (χ3v) is 4.21. The van der Waals surface area contributed by atoms with Crippen LogP contribution in [0.3, 0.4) is 0 Å². The zero-order valence-corrected chi connectivity index (χ0v) is 15.5. The van der Waals surface area contributed by atoms with Crippen molar-refractivity contribution >= 4 is 28.5 Å². The molecule has 1 saturated heterocycles. The van der Waals surface area contributed by atoms with Gasteiger partial charge in [0.25, 0.3) is 0 Å². The molecule has 1 fully saturated rings. The molecular weight excluding hydrogens is 377 g/mol. The molecule has 0 unspecified atom stereocenters. The van der Waals surface area contributed by atoms with Gasteiger partial charge in [-0.2, -0.15) is 18.3 Å². The standard InChI is InChI=1S/C18H21F3N4O3/c1-10(2)28-11-6-7-12-14(8-11)25(9-18(19,20)21)24-16(12)23-17(27)13-4-3-5-15(26)22-13/h6-8,10,13H,3-5,9H2,1-2H3,(H,22,26)(H,23,24,27)/t13-/m0/s1. The number of hydrogen-bond acceptors (Lipinski definition) is 4. The van der Waals surface area contributed by atoms with Gasteiger partial charge >= 0.3 is 6.18 Å². The molecule has 2 aromatic rings. The molecule has 0 bridgehead atoms. The molecule has 1 atom stereocenters. The number of aromatic nitrogens is 2. The van der Waals surface area contributed by atoms with Gasteiger partial charge in [0.1, 0.15) is 18.3 Å². The van der Waals surface area contributed by atoms with E-state index in [9.17, 15) is 22.8 Å². The van der Waals surface area contributed by atoms with E-state index >= 15 is 0 Å². The van der Waals surface area contributed by atoms with Crippen LogP contribution in [0.25, 0.3) is 10.9 Å². The molecule has 7 nitrogen and oxygen atoms in total. The quantitative estimate of drug-likeness (QED) is 0.811. The van der Waals surface area contributed by atoms with Gasteiger partial charge in [0.05, 0.1) is 11.6 Å². The highest BCUT2D eigenvalue weighted by molar-refractivity contribution is 6.03. The Morgan fingerprint density at radius 2 is 2.18 bits per heavy atom. The number of nitrogens with zero attached hydrogens (tertiary/aromatic N) is 2. The molecule has 2 N–H and O–H groups in total. The van der Waals surface area contributed by atoms with Gasteiger partial charge < -0.3 is 15.4 Å². The van der Waals surface area contributed by atoms with Gasteiger partial charge in [-0.15, -0.1) is 0 Å². The number of carbonyl (C=O) groups excluding carboxylic acids is 2. The topological polar surface area (TPSA) is 85.2 Å². The average molecular weight is 398 g/mol. The highest BCUT2D eigenvalue weighted by atomic mass is 19.4. The molecule has 2 amide bonds. The van der Waals surface area contributed by atoms with Gasteiger partial charge in [0.15, 0.2) is 5.82 Å². The number of amides is 2. The number of piperidine rings is 1. The van der Waals surface area contributed by atoms with Crippen LogP contribution in [-0.4, -0.2) is 39.9 Å². The maximum atomic E-state index is 13.0. The van der Waals surface area contributed by atoms with Gasteiger partial charge in [-0.05, 0) is 38.8 Å². The Hall–Kier alpha value is -2.78. The molecule has 1 aliphatic heterocycles. The summed E-state index contributed by atoms with van der Waals surface area (Å²) in [6.45, 7) is 2.31. The Morgan fingerprint density at radius 1 is 1.43 bits per heavy atom. The largest absolute Gasteiger partial charge is 0.491 e. The Labute approximate surface area is 159 Å². The minimum absolute atomic E-state index is 0.0140. The van der Waals surface area contributed by atoms with Crippen LogP contribution in [-0.2, 0) is 16.1 Å². The van der Waals surface area contributed by atoms with Crippen molar-refractivity contribution in [2.24, 2.45) is 0 Å². The monoisotopic (exact) mass is 398 g/mol. The lowest BCUT2D eigenvalue weighted by atomic mass is 10.0. The molecular formula is C18H21F3N4O3. The van der Waals surface area contributed by atoms with Crippen molar-refractivity contribution in [3.8, 4) is 5.75 Å². The average Bonchev–Trinajstić information content (AvgIpc) is 2.89. The molecule has 2 heterocycles. The van der Waals surface area contributed by atoms with Crippen molar-refractivity contribution in [3.05, 3.63) is 18.2 Å². The number of rotatable bonds is 5. The highest BCUT2D eigenvalue weighted by Gasteiger charge is 2.31. The minimum Gasteiger partial charge on any atom is -0.491 e. The number of carbonyl (C=O) groups is 2. The Bertz CT molecular complexity index is 892. The zero-order valence-electron chi connectivity index (χ0n) is 15.5. The van der Waals surface area contributed by atoms with Gasteiger partial charge in [-0.25, -0.2) is 0 Å². The maximum Gasteiger partial charge on any atom is 0.408 e. The number of nitrogens with one attached hydrogen (secondary N) is 2. The minimum atomic E-state index is -4.48. The molecule has 1 aromatic heterocycles. The smallest absolute Gasteiger partial charge is 0.408 e. The normalized spacial score (nSPS) is 17.6. The summed E-state index contributed by atoms with van der Waals surface area (Å²) in [4.78, 5) is 23.9. The first-order valence-electron chi connectivity index (χ1n) is 8.96. The van der Waals surface area contributed by atoms with Crippen LogP contribution in [0.15, 0.2) is 18.2 Å². The van der Waals surface area contributed by atoms with Gasteiger partial charge in [-0.1, -0.05) is 0 Å². The fourth-order valence-electron chi connectivity index (χ4n) is 3.09. The second kappa shape index (κ2) is 7.69. The van der Waals surface area contributed by atoms with E-state index in [-0.39, 0.29) is 23.3 Å².